The first-order valence-electron chi connectivity index (χ1n) is 5.80. The molecule has 0 aromatic carbocycles. The van der Waals surface area contributed by atoms with Crippen LogP contribution in [0.4, 0.5) is 0 Å². The number of carbonyl (C=O) groups excluding carboxylic acids is 1. The molecule has 0 spiro atoms. The van der Waals surface area contributed by atoms with Crippen LogP contribution < -0.4 is 16.4 Å². The van der Waals surface area contributed by atoms with Crippen molar-refractivity contribution in [1.82, 2.24) is 10.6 Å². The van der Waals surface area contributed by atoms with Crippen LogP contribution >= 0.6 is 24.0 Å². The van der Waals surface area contributed by atoms with Gasteiger partial charge in [0, 0.05) is 25.6 Å². The zero-order chi connectivity index (χ0) is 13.3. The number of nitrogens with one attached hydrogen (secondary N) is 2. The lowest BCUT2D eigenvalue weighted by Gasteiger charge is -2.13. The Morgan fingerprint density at radius 2 is 2.00 bits per heavy atom. The molecule has 0 aromatic rings. The third-order valence-electron chi connectivity index (χ3n) is 2.03. The second-order valence-corrected chi connectivity index (χ2v) is 4.21. The molecule has 0 aliphatic heterocycles. The van der Waals surface area contributed by atoms with Gasteiger partial charge in [-0.05, 0) is 6.92 Å². The van der Waals surface area contributed by atoms with Crippen LogP contribution in [0.15, 0.2) is 4.99 Å². The molecule has 18 heavy (non-hydrogen) atoms. The number of hydrogen-bond acceptors (Lipinski definition) is 3. The number of amides is 1. The van der Waals surface area contributed by atoms with Gasteiger partial charge in [0.2, 0.25) is 5.91 Å². The molecule has 0 aliphatic rings. The van der Waals surface area contributed by atoms with Crippen LogP contribution in [-0.4, -0.2) is 44.7 Å². The summed E-state index contributed by atoms with van der Waals surface area (Å²) in [5.74, 6) is 0.393. The third-order valence-corrected chi connectivity index (χ3v) is 2.03. The van der Waals surface area contributed by atoms with Crippen LogP contribution in [0, 0.1) is 5.92 Å². The van der Waals surface area contributed by atoms with E-state index in [9.17, 15) is 4.79 Å². The summed E-state index contributed by atoms with van der Waals surface area (Å²) in [6.07, 6.45) is 0. The number of aliphatic imine (C=N–C) groups is 1. The Hall–Kier alpha value is -0.570. The molecule has 0 aromatic heterocycles. The number of methoxy groups -OCH3 is 1. The van der Waals surface area contributed by atoms with Gasteiger partial charge in [-0.1, -0.05) is 13.8 Å². The number of halogens is 1. The summed E-state index contributed by atoms with van der Waals surface area (Å²) >= 11 is 0. The van der Waals surface area contributed by atoms with Crippen LogP contribution in [0.1, 0.15) is 20.8 Å². The van der Waals surface area contributed by atoms with Crippen LogP contribution in [-0.2, 0) is 9.53 Å². The number of nitrogens with zero attached hydrogens (tertiary/aromatic N) is 1. The maximum Gasteiger partial charge on any atom is 0.222 e. The fraction of sp³-hybridized carbons (Fsp3) is 0.818. The van der Waals surface area contributed by atoms with Crippen molar-refractivity contribution in [3.63, 3.8) is 0 Å². The molecule has 0 saturated heterocycles. The fourth-order valence-electron chi connectivity index (χ4n) is 1.15. The van der Waals surface area contributed by atoms with E-state index in [4.69, 9.17) is 10.5 Å². The van der Waals surface area contributed by atoms with E-state index in [0.29, 0.717) is 25.7 Å². The Kier molecular flexibility index (Phi) is 12.6. The zero-order valence-corrected chi connectivity index (χ0v) is 13.9. The normalized spacial score (nSPS) is 12.8. The van der Waals surface area contributed by atoms with E-state index in [1.165, 1.54) is 0 Å². The predicted molar refractivity (Wildman–Crippen MR) is 84.2 cm³/mol. The second-order valence-electron chi connectivity index (χ2n) is 4.21. The van der Waals surface area contributed by atoms with Crippen LogP contribution in [0.2, 0.25) is 0 Å². The first-order valence-corrected chi connectivity index (χ1v) is 5.80. The molecule has 0 fully saturated rings. The minimum atomic E-state index is -0.00354. The van der Waals surface area contributed by atoms with Gasteiger partial charge in [0.25, 0.3) is 0 Å². The highest BCUT2D eigenvalue weighted by Crippen LogP contribution is 1.89. The van der Waals surface area contributed by atoms with Gasteiger partial charge in [0.1, 0.15) is 0 Å². The maximum atomic E-state index is 11.2. The van der Waals surface area contributed by atoms with Crippen molar-refractivity contribution in [3.8, 4) is 0 Å². The summed E-state index contributed by atoms with van der Waals surface area (Å²) < 4.78 is 4.96. The summed E-state index contributed by atoms with van der Waals surface area (Å²) in [6.45, 7) is 7.18. The fourth-order valence-corrected chi connectivity index (χ4v) is 1.15. The standard InChI is InChI=1S/C11H24N4O2.HI/c1-8(2)10(16)13-5-6-14-11(12)15-9(3)7-17-4;/h8-9H,5-7H2,1-4H3,(H,13,16)(H3,12,14,15);1H. The molecule has 0 aliphatic carbocycles. The topological polar surface area (TPSA) is 88.7 Å². The molecule has 1 amide bonds. The Labute approximate surface area is 126 Å². The molecule has 0 saturated carbocycles. The smallest absolute Gasteiger partial charge is 0.222 e. The van der Waals surface area contributed by atoms with Crippen molar-refractivity contribution in [2.24, 2.45) is 16.6 Å². The highest BCUT2D eigenvalue weighted by atomic mass is 127. The van der Waals surface area contributed by atoms with Gasteiger partial charge in [-0.25, -0.2) is 0 Å². The van der Waals surface area contributed by atoms with Crippen molar-refractivity contribution in [2.75, 3.05) is 26.8 Å². The highest BCUT2D eigenvalue weighted by molar-refractivity contribution is 14.0. The molecular weight excluding hydrogens is 347 g/mol. The highest BCUT2D eigenvalue weighted by Gasteiger charge is 2.05. The summed E-state index contributed by atoms with van der Waals surface area (Å²) in [5, 5.41) is 5.74. The van der Waals surface area contributed by atoms with Gasteiger partial charge < -0.3 is 21.1 Å². The minimum Gasteiger partial charge on any atom is -0.383 e. The number of carbonyl (C=O) groups is 1. The SMILES string of the molecule is COCC(C)NC(N)=NCCNC(=O)C(C)C.I. The predicted octanol–water partition coefficient (Wildman–Crippen LogP) is 0.316. The Balaban J connectivity index is 0. The van der Waals surface area contributed by atoms with E-state index in [-0.39, 0.29) is 41.8 Å². The van der Waals surface area contributed by atoms with Crippen molar-refractivity contribution in [1.29, 1.82) is 0 Å². The first kappa shape index (κ1) is 19.8. The van der Waals surface area contributed by atoms with Crippen molar-refractivity contribution in [3.05, 3.63) is 0 Å². The summed E-state index contributed by atoms with van der Waals surface area (Å²) in [5.41, 5.74) is 5.65. The summed E-state index contributed by atoms with van der Waals surface area (Å²) in [7, 11) is 1.63. The molecule has 0 heterocycles. The molecular formula is C11H25IN4O2. The van der Waals surface area contributed by atoms with Gasteiger partial charge in [0.05, 0.1) is 13.2 Å². The third kappa shape index (κ3) is 10.6. The molecule has 7 heteroatoms. The van der Waals surface area contributed by atoms with E-state index in [1.807, 2.05) is 20.8 Å². The molecule has 0 radical (unpaired) electrons. The van der Waals surface area contributed by atoms with Crippen molar-refractivity contribution >= 4 is 35.8 Å². The molecule has 0 bridgehead atoms. The zero-order valence-electron chi connectivity index (χ0n) is 11.5. The van der Waals surface area contributed by atoms with Gasteiger partial charge in [-0.3, -0.25) is 9.79 Å². The molecule has 0 rings (SSSR count). The average molecular weight is 372 g/mol. The molecule has 1 atom stereocenters. The van der Waals surface area contributed by atoms with E-state index in [2.05, 4.69) is 15.6 Å². The number of rotatable bonds is 7. The van der Waals surface area contributed by atoms with Crippen LogP contribution in [0.5, 0.6) is 0 Å². The molecule has 4 N–H and O–H groups in total. The quantitative estimate of drug-likeness (QED) is 0.260. The average Bonchev–Trinajstić information content (AvgIpc) is 2.24. The van der Waals surface area contributed by atoms with Gasteiger partial charge in [0.15, 0.2) is 5.96 Å². The number of ether oxygens (including phenoxy) is 1. The van der Waals surface area contributed by atoms with E-state index in [1.54, 1.807) is 7.11 Å². The van der Waals surface area contributed by atoms with Gasteiger partial charge in [-0.15, -0.1) is 24.0 Å². The largest absolute Gasteiger partial charge is 0.383 e. The number of nitrogens with two attached hydrogens (primary N) is 1. The Morgan fingerprint density at radius 1 is 1.39 bits per heavy atom. The van der Waals surface area contributed by atoms with Crippen molar-refractivity contribution in [2.45, 2.75) is 26.8 Å². The molecule has 6 nitrogen and oxygen atoms in total. The first-order chi connectivity index (χ1) is 7.97. The van der Waals surface area contributed by atoms with Crippen LogP contribution in [0.25, 0.3) is 0 Å². The lowest BCUT2D eigenvalue weighted by atomic mass is 10.2. The number of guanidine groups is 1. The second kappa shape index (κ2) is 11.5. The van der Waals surface area contributed by atoms with E-state index >= 15 is 0 Å². The summed E-state index contributed by atoms with van der Waals surface area (Å²) in [4.78, 5) is 15.3. The molecule has 1 unspecified atom stereocenters. The van der Waals surface area contributed by atoms with Crippen molar-refractivity contribution < 1.29 is 9.53 Å². The van der Waals surface area contributed by atoms with Gasteiger partial charge in [-0.2, -0.15) is 0 Å². The molecule has 108 valence electrons. The lowest BCUT2D eigenvalue weighted by Crippen LogP contribution is -2.41. The Morgan fingerprint density at radius 3 is 2.50 bits per heavy atom. The van der Waals surface area contributed by atoms with E-state index in [0.717, 1.165) is 0 Å². The maximum absolute atomic E-state index is 11.2. The Bertz CT molecular complexity index is 259. The minimum absolute atomic E-state index is 0. The van der Waals surface area contributed by atoms with E-state index < -0.39 is 0 Å². The van der Waals surface area contributed by atoms with Crippen LogP contribution in [0.3, 0.4) is 0 Å². The lowest BCUT2D eigenvalue weighted by molar-refractivity contribution is -0.123. The summed E-state index contributed by atoms with van der Waals surface area (Å²) in [6, 6.07) is 0.119. The van der Waals surface area contributed by atoms with Gasteiger partial charge >= 0.3 is 0 Å². The monoisotopic (exact) mass is 372 g/mol. The number of hydrogen-bond donors (Lipinski definition) is 3.